The lowest BCUT2D eigenvalue weighted by Gasteiger charge is -2.60. The van der Waals surface area contributed by atoms with Crippen LogP contribution in [-0.2, 0) is 4.79 Å². The summed E-state index contributed by atoms with van der Waals surface area (Å²) in [5.41, 5.74) is 0.109. The molecule has 0 bridgehead atoms. The number of fused-ring (bicyclic) bond motifs is 5. The minimum absolute atomic E-state index is 0.174. The van der Waals surface area contributed by atoms with Crippen molar-refractivity contribution in [2.24, 2.45) is 40.4 Å². The van der Waals surface area contributed by atoms with Crippen LogP contribution in [0.3, 0.4) is 0 Å². The van der Waals surface area contributed by atoms with Gasteiger partial charge >= 0.3 is 0 Å². The lowest BCUT2D eigenvalue weighted by atomic mass is 9.44. The van der Waals surface area contributed by atoms with E-state index in [9.17, 15) is 13.6 Å². The summed E-state index contributed by atoms with van der Waals surface area (Å²) >= 11 is 0. The molecule has 0 heterocycles. The second-order valence-electron chi connectivity index (χ2n) is 10.0. The molecule has 0 aromatic heterocycles. The van der Waals surface area contributed by atoms with Gasteiger partial charge < -0.3 is 0 Å². The zero-order valence-electron chi connectivity index (χ0n) is 15.4. The van der Waals surface area contributed by atoms with E-state index in [1.807, 2.05) is 0 Å². The van der Waals surface area contributed by atoms with E-state index in [-0.39, 0.29) is 10.8 Å². The number of hydrogen-bond acceptors (Lipinski definition) is 1. The van der Waals surface area contributed by atoms with Gasteiger partial charge in [-0.15, -0.1) is 0 Å². The minimum Gasteiger partial charge on any atom is -0.300 e. The van der Waals surface area contributed by atoms with Crippen LogP contribution in [0.15, 0.2) is 0 Å². The summed E-state index contributed by atoms with van der Waals surface area (Å²) in [5, 5.41) is 0. The Morgan fingerprint density at radius 1 is 0.958 bits per heavy atom. The molecule has 4 fully saturated rings. The first kappa shape index (κ1) is 17.0. The maximum Gasteiger partial charge on any atom is 0.248 e. The molecule has 3 heteroatoms. The van der Waals surface area contributed by atoms with E-state index in [4.69, 9.17) is 0 Å². The van der Waals surface area contributed by atoms with Gasteiger partial charge in [0.1, 0.15) is 5.78 Å². The Morgan fingerprint density at radius 3 is 2.38 bits per heavy atom. The molecule has 0 aromatic rings. The van der Waals surface area contributed by atoms with Gasteiger partial charge in [-0.25, -0.2) is 8.78 Å². The van der Waals surface area contributed by atoms with Crippen molar-refractivity contribution in [3.63, 3.8) is 0 Å². The SMILES string of the molecule is CC(F)(F)[C@@H]1CC[C@@H]2[C@@H]3CC[C@H]4CC(=O)CC[C@]4(C)[C@H]3CC[C@]21C. The monoisotopic (exact) mass is 338 g/mol. The first-order chi connectivity index (χ1) is 11.2. The van der Waals surface area contributed by atoms with Gasteiger partial charge in [-0.1, -0.05) is 13.8 Å². The molecule has 0 N–H and O–H groups in total. The zero-order chi connectivity index (χ0) is 17.3. The van der Waals surface area contributed by atoms with Crippen LogP contribution in [0, 0.1) is 40.4 Å². The van der Waals surface area contributed by atoms with Crippen LogP contribution in [0.1, 0.15) is 78.6 Å². The lowest BCUT2D eigenvalue weighted by molar-refractivity contribution is -0.152. The molecule has 0 amide bonds. The van der Waals surface area contributed by atoms with Gasteiger partial charge in [0.05, 0.1) is 0 Å². The van der Waals surface area contributed by atoms with Gasteiger partial charge in [-0.05, 0) is 86.4 Å². The van der Waals surface area contributed by atoms with Crippen LogP contribution in [0.2, 0.25) is 0 Å². The molecule has 7 atom stereocenters. The number of alkyl halides is 2. The van der Waals surface area contributed by atoms with Crippen molar-refractivity contribution < 1.29 is 13.6 Å². The third-order valence-electron chi connectivity index (χ3n) is 9.09. The number of ketones is 1. The summed E-state index contributed by atoms with van der Waals surface area (Å²) in [7, 11) is 0. The number of rotatable bonds is 1. The minimum atomic E-state index is -2.55. The average molecular weight is 338 g/mol. The normalized spacial score (nSPS) is 51.7. The molecule has 0 unspecified atom stereocenters. The number of carbonyl (C=O) groups is 1. The molecule has 1 nitrogen and oxygen atoms in total. The quantitative estimate of drug-likeness (QED) is 0.584. The fourth-order valence-electron chi connectivity index (χ4n) is 7.88. The smallest absolute Gasteiger partial charge is 0.248 e. The van der Waals surface area contributed by atoms with Gasteiger partial charge in [0.25, 0.3) is 0 Å². The van der Waals surface area contributed by atoms with Crippen molar-refractivity contribution in [1.29, 1.82) is 0 Å². The molecule has 0 spiro atoms. The van der Waals surface area contributed by atoms with Crippen LogP contribution >= 0.6 is 0 Å². The Balaban J connectivity index is 1.62. The standard InChI is InChI=1S/C21H32F2O/c1-19-10-8-14(24)12-13(19)4-5-15-16-6-7-18(21(3,22)23)20(16,2)11-9-17(15)19/h13,15-18H,4-12H2,1-3H3/t13-,15-,16+,17-,18+,19-,20+/m0/s1. The maximum atomic E-state index is 14.2. The average Bonchev–Trinajstić information content (AvgIpc) is 2.85. The summed E-state index contributed by atoms with van der Waals surface area (Å²) < 4.78 is 28.4. The van der Waals surface area contributed by atoms with E-state index < -0.39 is 11.8 Å². The summed E-state index contributed by atoms with van der Waals surface area (Å²) in [6.07, 6.45) is 8.62. The van der Waals surface area contributed by atoms with Gasteiger partial charge in [-0.3, -0.25) is 4.79 Å². The lowest BCUT2D eigenvalue weighted by Crippen LogP contribution is -2.54. The Kier molecular flexibility index (Phi) is 3.72. The Labute approximate surface area is 145 Å². The molecule has 4 aliphatic rings. The highest BCUT2D eigenvalue weighted by Gasteiger charge is 2.63. The van der Waals surface area contributed by atoms with Gasteiger partial charge in [-0.2, -0.15) is 0 Å². The highest BCUT2D eigenvalue weighted by Crippen LogP contribution is 2.68. The number of hydrogen-bond donors (Lipinski definition) is 0. The molecule has 0 aliphatic heterocycles. The van der Waals surface area contributed by atoms with E-state index in [2.05, 4.69) is 13.8 Å². The predicted molar refractivity (Wildman–Crippen MR) is 90.8 cm³/mol. The van der Waals surface area contributed by atoms with Crippen LogP contribution in [0.5, 0.6) is 0 Å². The highest BCUT2D eigenvalue weighted by atomic mass is 19.3. The van der Waals surface area contributed by atoms with Crippen LogP contribution in [-0.4, -0.2) is 11.7 Å². The van der Waals surface area contributed by atoms with Crippen LogP contribution in [0.4, 0.5) is 8.78 Å². The van der Waals surface area contributed by atoms with E-state index in [1.54, 1.807) is 0 Å². The largest absolute Gasteiger partial charge is 0.300 e. The fraction of sp³-hybridized carbons (Fsp3) is 0.952. The summed E-state index contributed by atoms with van der Waals surface area (Å²) in [4.78, 5) is 11.9. The van der Waals surface area contributed by atoms with Gasteiger partial charge in [0, 0.05) is 18.8 Å². The van der Waals surface area contributed by atoms with Gasteiger partial charge in [0.2, 0.25) is 5.92 Å². The second-order valence-corrected chi connectivity index (χ2v) is 10.0. The molecule has 4 aliphatic carbocycles. The molecule has 24 heavy (non-hydrogen) atoms. The van der Waals surface area contributed by atoms with E-state index in [1.165, 1.54) is 6.42 Å². The van der Waals surface area contributed by atoms with Crippen molar-refractivity contribution in [1.82, 2.24) is 0 Å². The van der Waals surface area contributed by atoms with Crippen molar-refractivity contribution in [3.8, 4) is 0 Å². The van der Waals surface area contributed by atoms with E-state index in [0.717, 1.165) is 51.9 Å². The summed E-state index contributed by atoms with van der Waals surface area (Å²) in [6.45, 7) is 5.73. The fourth-order valence-corrected chi connectivity index (χ4v) is 7.88. The van der Waals surface area contributed by atoms with E-state index in [0.29, 0.717) is 35.9 Å². The molecular formula is C21H32F2O. The first-order valence-electron chi connectivity index (χ1n) is 10.1. The third kappa shape index (κ3) is 2.25. The third-order valence-corrected chi connectivity index (χ3v) is 9.09. The predicted octanol–water partition coefficient (Wildman–Crippen LogP) is 5.87. The van der Waals surface area contributed by atoms with Crippen molar-refractivity contribution >= 4 is 5.78 Å². The number of Topliss-reactive ketones (excluding diaryl/α,β-unsaturated/α-hetero) is 1. The summed E-state index contributed by atoms with van der Waals surface area (Å²) in [6, 6.07) is 0. The van der Waals surface area contributed by atoms with Crippen molar-refractivity contribution in [3.05, 3.63) is 0 Å². The van der Waals surface area contributed by atoms with Crippen LogP contribution < -0.4 is 0 Å². The summed E-state index contributed by atoms with van der Waals surface area (Å²) in [5.74, 6) is -0.235. The molecule has 0 saturated heterocycles. The Bertz CT molecular complexity index is 538. The number of carbonyl (C=O) groups excluding carboxylic acids is 1. The molecule has 0 radical (unpaired) electrons. The Hall–Kier alpha value is -0.470. The highest BCUT2D eigenvalue weighted by molar-refractivity contribution is 5.79. The molecule has 4 saturated carbocycles. The molecule has 136 valence electrons. The first-order valence-corrected chi connectivity index (χ1v) is 10.1. The zero-order valence-corrected chi connectivity index (χ0v) is 15.4. The molecular weight excluding hydrogens is 306 g/mol. The second kappa shape index (κ2) is 5.27. The van der Waals surface area contributed by atoms with Crippen molar-refractivity contribution in [2.45, 2.75) is 84.5 Å². The van der Waals surface area contributed by atoms with Crippen LogP contribution in [0.25, 0.3) is 0 Å². The molecule has 4 rings (SSSR count). The van der Waals surface area contributed by atoms with E-state index >= 15 is 0 Å². The maximum absolute atomic E-state index is 14.2. The number of halogens is 2. The Morgan fingerprint density at radius 2 is 1.67 bits per heavy atom. The topological polar surface area (TPSA) is 17.1 Å². The molecule has 0 aromatic carbocycles. The van der Waals surface area contributed by atoms with Crippen molar-refractivity contribution in [2.75, 3.05) is 0 Å². The van der Waals surface area contributed by atoms with Gasteiger partial charge in [0.15, 0.2) is 0 Å².